The van der Waals surface area contributed by atoms with Gasteiger partial charge in [-0.05, 0) is 43.7 Å². The second-order valence-electron chi connectivity index (χ2n) is 6.73. The quantitative estimate of drug-likeness (QED) is 0.381. The van der Waals surface area contributed by atoms with E-state index in [2.05, 4.69) is 11.8 Å². The number of fused-ring (bicyclic) bond motifs is 1. The van der Waals surface area contributed by atoms with Crippen LogP contribution in [0.1, 0.15) is 37.0 Å². The number of hydrogen-bond acceptors (Lipinski definition) is 7. The number of amides is 1. The summed E-state index contributed by atoms with van der Waals surface area (Å²) in [6.45, 7) is 5.53. The van der Waals surface area contributed by atoms with Crippen molar-refractivity contribution in [2.45, 2.75) is 26.7 Å². The number of thiocarbonyl (C=S) groups is 1. The van der Waals surface area contributed by atoms with Crippen LogP contribution in [0.25, 0.3) is 0 Å². The molecule has 0 radical (unpaired) electrons. The number of thioether (sulfide) groups is 1. The minimum absolute atomic E-state index is 0.0282. The summed E-state index contributed by atoms with van der Waals surface area (Å²) < 4.78 is 5.46. The van der Waals surface area contributed by atoms with Crippen LogP contribution in [0.15, 0.2) is 41.1 Å². The lowest BCUT2D eigenvalue weighted by Gasteiger charge is -2.21. The molecule has 154 valence electrons. The Morgan fingerprint density at radius 3 is 2.62 bits per heavy atom. The molecule has 1 amide bonds. The molecule has 1 aromatic carbocycles. The monoisotopic (exact) mass is 431 g/mol. The van der Waals surface area contributed by atoms with Crippen LogP contribution in [-0.4, -0.2) is 48.3 Å². The highest BCUT2D eigenvalue weighted by Gasteiger charge is 2.32. The average Bonchev–Trinajstić information content (AvgIpc) is 3.15. The lowest BCUT2D eigenvalue weighted by atomic mass is 10.1. The zero-order valence-electron chi connectivity index (χ0n) is 17.1. The molecule has 0 unspecified atom stereocenters. The highest BCUT2D eigenvalue weighted by molar-refractivity contribution is 8.26. The van der Waals surface area contributed by atoms with Gasteiger partial charge in [0, 0.05) is 20.1 Å². The minimum atomic E-state index is -0.361. The lowest BCUT2D eigenvalue weighted by Crippen LogP contribution is -2.29. The number of ether oxygens (including phenoxy) is 1. The third-order valence-corrected chi connectivity index (χ3v) is 6.37. The lowest BCUT2D eigenvalue weighted by molar-refractivity contribution is -0.122. The predicted molar refractivity (Wildman–Crippen MR) is 122 cm³/mol. The number of anilines is 2. The number of carbonyl (C=O) groups is 2. The summed E-state index contributed by atoms with van der Waals surface area (Å²) in [5, 5.41) is 0. The highest BCUT2D eigenvalue weighted by atomic mass is 32.2. The second-order valence-corrected chi connectivity index (χ2v) is 8.41. The zero-order chi connectivity index (χ0) is 21.1. The van der Waals surface area contributed by atoms with Crippen LogP contribution in [0.3, 0.4) is 0 Å². The maximum atomic E-state index is 12.7. The Labute approximate surface area is 181 Å². The van der Waals surface area contributed by atoms with Crippen molar-refractivity contribution in [1.82, 2.24) is 4.90 Å². The summed E-state index contributed by atoms with van der Waals surface area (Å²) in [6, 6.07) is 5.51. The number of nitrogens with zero attached hydrogens (tertiary/aromatic N) is 3. The van der Waals surface area contributed by atoms with Crippen molar-refractivity contribution in [2.75, 3.05) is 37.0 Å². The number of hydrogen-bond donors (Lipinski definition) is 0. The summed E-state index contributed by atoms with van der Waals surface area (Å²) in [5.41, 5.74) is 2.44. The summed E-state index contributed by atoms with van der Waals surface area (Å²) in [6.07, 6.45) is 5.73. The van der Waals surface area contributed by atoms with E-state index in [1.54, 1.807) is 11.0 Å². The van der Waals surface area contributed by atoms with Gasteiger partial charge in [0.05, 0.1) is 29.0 Å². The molecular weight excluding hydrogens is 406 g/mol. The van der Waals surface area contributed by atoms with Gasteiger partial charge in [-0.2, -0.15) is 0 Å². The van der Waals surface area contributed by atoms with E-state index in [1.807, 2.05) is 43.2 Å². The Kier molecular flexibility index (Phi) is 6.64. The van der Waals surface area contributed by atoms with E-state index in [4.69, 9.17) is 17.0 Å². The van der Waals surface area contributed by atoms with E-state index in [-0.39, 0.29) is 11.9 Å². The first kappa shape index (κ1) is 21.4. The fraction of sp³-hybridized carbons (Fsp3) is 0.381. The number of unbranched alkanes of at least 4 members (excludes halogenated alkanes) is 1. The van der Waals surface area contributed by atoms with Crippen molar-refractivity contribution in [3.05, 3.63) is 46.6 Å². The number of rotatable bonds is 6. The Morgan fingerprint density at radius 2 is 1.97 bits per heavy atom. The molecule has 0 spiro atoms. The zero-order valence-corrected chi connectivity index (χ0v) is 18.7. The van der Waals surface area contributed by atoms with Gasteiger partial charge >= 0.3 is 5.97 Å². The Bertz CT molecular complexity index is 910. The number of carbonyl (C=O) groups excluding carboxylic acids is 2. The van der Waals surface area contributed by atoms with Gasteiger partial charge in [-0.15, -0.1) is 0 Å². The topological polar surface area (TPSA) is 53.1 Å². The molecule has 0 atom stereocenters. The van der Waals surface area contributed by atoms with E-state index in [9.17, 15) is 9.59 Å². The van der Waals surface area contributed by atoms with Crippen molar-refractivity contribution in [1.29, 1.82) is 0 Å². The third-order valence-electron chi connectivity index (χ3n) is 4.98. The molecule has 2 aliphatic rings. The van der Waals surface area contributed by atoms with Crippen LogP contribution in [0.2, 0.25) is 0 Å². The van der Waals surface area contributed by atoms with Gasteiger partial charge in [0.1, 0.15) is 10.1 Å². The third kappa shape index (κ3) is 4.04. The maximum Gasteiger partial charge on any atom is 0.337 e. The molecule has 0 saturated carbocycles. The van der Waals surface area contributed by atoms with Gasteiger partial charge in [-0.25, -0.2) is 4.79 Å². The Balaban J connectivity index is 1.89. The van der Waals surface area contributed by atoms with Gasteiger partial charge in [0.2, 0.25) is 0 Å². The fourth-order valence-corrected chi connectivity index (χ4v) is 4.65. The van der Waals surface area contributed by atoms with Crippen LogP contribution >= 0.6 is 24.0 Å². The van der Waals surface area contributed by atoms with E-state index < -0.39 is 0 Å². The van der Waals surface area contributed by atoms with Crippen molar-refractivity contribution in [3.8, 4) is 0 Å². The van der Waals surface area contributed by atoms with Gasteiger partial charge < -0.3 is 14.5 Å². The maximum absolute atomic E-state index is 12.7. The molecule has 8 heteroatoms. The molecule has 0 N–H and O–H groups in total. The second kappa shape index (κ2) is 9.00. The summed E-state index contributed by atoms with van der Waals surface area (Å²) in [5.74, 6) is 0.544. The van der Waals surface area contributed by atoms with Gasteiger partial charge in [-0.1, -0.05) is 37.3 Å². The van der Waals surface area contributed by atoms with Gasteiger partial charge in [0.25, 0.3) is 5.91 Å². The molecule has 6 nitrogen and oxygen atoms in total. The van der Waals surface area contributed by atoms with Crippen molar-refractivity contribution >= 4 is 51.6 Å². The molecule has 29 heavy (non-hydrogen) atoms. The molecule has 1 fully saturated rings. The van der Waals surface area contributed by atoms with Crippen LogP contribution in [-0.2, 0) is 9.53 Å². The van der Waals surface area contributed by atoms with Crippen molar-refractivity contribution in [2.24, 2.45) is 0 Å². The molecule has 0 aromatic heterocycles. The van der Waals surface area contributed by atoms with E-state index in [0.717, 1.165) is 36.6 Å². The van der Waals surface area contributed by atoms with Crippen LogP contribution in [0, 0.1) is 0 Å². The number of allylic oxidation sites excluding steroid dienone is 2. The molecule has 3 rings (SSSR count). The smallest absolute Gasteiger partial charge is 0.337 e. The van der Waals surface area contributed by atoms with E-state index in [1.165, 1.54) is 18.9 Å². The average molecular weight is 432 g/mol. The minimum Gasteiger partial charge on any atom is -0.465 e. The van der Waals surface area contributed by atoms with Crippen LogP contribution < -0.4 is 9.80 Å². The summed E-state index contributed by atoms with van der Waals surface area (Å²) in [7, 11) is 3.35. The van der Waals surface area contributed by atoms with E-state index >= 15 is 0 Å². The fourth-order valence-electron chi connectivity index (χ4n) is 3.40. The van der Waals surface area contributed by atoms with Crippen LogP contribution in [0.4, 0.5) is 11.4 Å². The molecule has 1 aromatic rings. The molecule has 2 aliphatic heterocycles. The first-order valence-corrected chi connectivity index (χ1v) is 10.8. The van der Waals surface area contributed by atoms with Crippen LogP contribution in [0.5, 0.6) is 0 Å². The molecule has 0 aliphatic carbocycles. The summed E-state index contributed by atoms with van der Waals surface area (Å²) in [4.78, 5) is 31.1. The highest BCUT2D eigenvalue weighted by Crippen LogP contribution is 2.41. The largest absolute Gasteiger partial charge is 0.465 e. The Morgan fingerprint density at radius 1 is 1.21 bits per heavy atom. The predicted octanol–water partition coefficient (Wildman–Crippen LogP) is 4.14. The standard InChI is InChI=1S/C21H25N3O3S2/c1-5-7-12-24-19(25)17(29-21(24)28)10-11-18-22(3)15-9-8-14(20(26)27-4)13-16(15)23(18)6-2/h8-11,13H,5-7,12H2,1-4H3/b17-10-,18-11+. The number of benzene rings is 1. The number of esters is 1. The molecule has 2 heterocycles. The van der Waals surface area contributed by atoms with Crippen molar-refractivity contribution in [3.63, 3.8) is 0 Å². The van der Waals surface area contributed by atoms with E-state index in [0.29, 0.717) is 21.3 Å². The first-order valence-electron chi connectivity index (χ1n) is 9.62. The first-order chi connectivity index (χ1) is 13.9. The normalized spacial score (nSPS) is 19.0. The summed E-state index contributed by atoms with van der Waals surface area (Å²) >= 11 is 6.72. The van der Waals surface area contributed by atoms with Gasteiger partial charge in [0.15, 0.2) is 0 Å². The Hall–Kier alpha value is -2.32. The molecular formula is C21H25N3O3S2. The molecule has 0 bridgehead atoms. The number of methoxy groups -OCH3 is 1. The van der Waals surface area contributed by atoms with Gasteiger partial charge in [-0.3, -0.25) is 9.69 Å². The SMILES string of the molecule is CCCCN1C(=O)/C(=C/C=C2\N(C)c3ccc(C(=O)OC)cc3N2CC)SC1=S. The van der Waals surface area contributed by atoms with Crippen molar-refractivity contribution < 1.29 is 14.3 Å². The molecule has 1 saturated heterocycles.